The zero-order valence-electron chi connectivity index (χ0n) is 9.17. The highest BCUT2D eigenvalue weighted by Crippen LogP contribution is 2.35. The predicted molar refractivity (Wildman–Crippen MR) is 62.6 cm³/mol. The number of hydrogen-bond donors (Lipinski definition) is 2. The molecule has 1 aliphatic carbocycles. The largest absolute Gasteiger partial charge is 0.345 e. The van der Waals surface area contributed by atoms with Crippen LogP contribution in [0, 0.1) is 0 Å². The van der Waals surface area contributed by atoms with E-state index < -0.39 is 0 Å². The van der Waals surface area contributed by atoms with Crippen LogP contribution in [-0.4, -0.2) is 30.6 Å². The lowest BCUT2D eigenvalue weighted by Gasteiger charge is -2.30. The summed E-state index contributed by atoms with van der Waals surface area (Å²) in [6, 6.07) is 2.32. The Balaban J connectivity index is 1.99. The molecule has 6 heteroatoms. The standard InChI is InChI=1S/C11H12N6/c12-7-3-6(4-7)11-16-15-9-5-14-10-8(17(9)11)1-2-13-10/h1-2,5-7,13H,3-4,12H2/t6-,7+. The monoisotopic (exact) mass is 228 g/mol. The third kappa shape index (κ3) is 1.15. The molecule has 1 saturated carbocycles. The molecule has 1 aliphatic rings. The quantitative estimate of drug-likeness (QED) is 0.645. The van der Waals surface area contributed by atoms with Crippen LogP contribution in [0.4, 0.5) is 0 Å². The minimum absolute atomic E-state index is 0.316. The molecular weight excluding hydrogens is 216 g/mol. The van der Waals surface area contributed by atoms with Crippen LogP contribution in [0.25, 0.3) is 16.8 Å². The Morgan fingerprint density at radius 2 is 2.24 bits per heavy atom. The number of aromatic amines is 1. The zero-order chi connectivity index (χ0) is 11.4. The number of rotatable bonds is 1. The maximum Gasteiger partial charge on any atom is 0.179 e. The molecule has 3 aromatic rings. The molecule has 3 heterocycles. The lowest BCUT2D eigenvalue weighted by Crippen LogP contribution is -2.35. The summed E-state index contributed by atoms with van der Waals surface area (Å²) in [6.07, 6.45) is 5.62. The van der Waals surface area contributed by atoms with E-state index in [4.69, 9.17) is 5.73 Å². The van der Waals surface area contributed by atoms with E-state index in [1.54, 1.807) is 6.20 Å². The molecule has 0 unspecified atom stereocenters. The molecule has 0 bridgehead atoms. The SMILES string of the molecule is N[C@H]1C[C@@H](c2nnc3cnc4[nH]ccc4n32)C1. The number of fused-ring (bicyclic) bond motifs is 3. The lowest BCUT2D eigenvalue weighted by molar-refractivity contribution is 0.337. The summed E-state index contributed by atoms with van der Waals surface area (Å²) in [5.74, 6) is 1.44. The summed E-state index contributed by atoms with van der Waals surface area (Å²) in [5.41, 5.74) is 8.53. The summed E-state index contributed by atoms with van der Waals surface area (Å²) in [4.78, 5) is 7.40. The first kappa shape index (κ1) is 9.12. The van der Waals surface area contributed by atoms with Gasteiger partial charge in [-0.2, -0.15) is 0 Å². The van der Waals surface area contributed by atoms with Crippen LogP contribution in [0.5, 0.6) is 0 Å². The first-order chi connectivity index (χ1) is 8.33. The molecular formula is C11H12N6. The van der Waals surface area contributed by atoms with Crippen LogP contribution >= 0.6 is 0 Å². The molecule has 17 heavy (non-hydrogen) atoms. The summed E-state index contributed by atoms with van der Waals surface area (Å²) in [7, 11) is 0. The van der Waals surface area contributed by atoms with Gasteiger partial charge in [-0.1, -0.05) is 0 Å². The fourth-order valence-electron chi connectivity index (χ4n) is 2.54. The Morgan fingerprint density at radius 3 is 3.06 bits per heavy atom. The highest BCUT2D eigenvalue weighted by molar-refractivity contribution is 5.74. The smallest absolute Gasteiger partial charge is 0.179 e. The minimum Gasteiger partial charge on any atom is -0.345 e. The van der Waals surface area contributed by atoms with Crippen molar-refractivity contribution in [1.29, 1.82) is 0 Å². The molecule has 0 atom stereocenters. The Kier molecular flexibility index (Phi) is 1.63. The van der Waals surface area contributed by atoms with Gasteiger partial charge in [0.15, 0.2) is 11.3 Å². The summed E-state index contributed by atoms with van der Waals surface area (Å²) in [5, 5.41) is 8.46. The van der Waals surface area contributed by atoms with E-state index >= 15 is 0 Å². The van der Waals surface area contributed by atoms with Crippen molar-refractivity contribution < 1.29 is 0 Å². The van der Waals surface area contributed by atoms with Gasteiger partial charge >= 0.3 is 0 Å². The predicted octanol–water partition coefficient (Wildman–Crippen LogP) is 0.810. The highest BCUT2D eigenvalue weighted by atomic mass is 15.3. The number of H-pyrrole nitrogens is 1. The average molecular weight is 228 g/mol. The second-order valence-electron chi connectivity index (χ2n) is 4.65. The van der Waals surface area contributed by atoms with Crippen molar-refractivity contribution in [3.8, 4) is 0 Å². The van der Waals surface area contributed by atoms with Gasteiger partial charge in [0.1, 0.15) is 5.82 Å². The second-order valence-corrected chi connectivity index (χ2v) is 4.65. The van der Waals surface area contributed by atoms with E-state index in [0.717, 1.165) is 35.5 Å². The van der Waals surface area contributed by atoms with Gasteiger partial charge in [0.25, 0.3) is 0 Å². The van der Waals surface area contributed by atoms with Crippen molar-refractivity contribution in [3.63, 3.8) is 0 Å². The highest BCUT2D eigenvalue weighted by Gasteiger charge is 2.31. The number of hydrogen-bond acceptors (Lipinski definition) is 4. The minimum atomic E-state index is 0.316. The van der Waals surface area contributed by atoms with Crippen molar-refractivity contribution in [2.45, 2.75) is 24.8 Å². The molecule has 0 spiro atoms. The van der Waals surface area contributed by atoms with Gasteiger partial charge in [-0.25, -0.2) is 4.98 Å². The third-order valence-corrected chi connectivity index (χ3v) is 3.51. The third-order valence-electron chi connectivity index (χ3n) is 3.51. The zero-order valence-corrected chi connectivity index (χ0v) is 9.17. The number of nitrogens with zero attached hydrogens (tertiary/aromatic N) is 4. The van der Waals surface area contributed by atoms with Gasteiger partial charge in [-0.05, 0) is 18.9 Å². The van der Waals surface area contributed by atoms with Crippen LogP contribution in [-0.2, 0) is 0 Å². The molecule has 0 amide bonds. The number of nitrogens with two attached hydrogens (primary N) is 1. The van der Waals surface area contributed by atoms with Crippen molar-refractivity contribution in [2.24, 2.45) is 5.73 Å². The van der Waals surface area contributed by atoms with Gasteiger partial charge < -0.3 is 10.7 Å². The Bertz CT molecular complexity index is 690. The molecule has 3 aromatic heterocycles. The first-order valence-electron chi connectivity index (χ1n) is 5.75. The Hall–Kier alpha value is -1.95. The van der Waals surface area contributed by atoms with Crippen molar-refractivity contribution in [1.82, 2.24) is 24.6 Å². The summed E-state index contributed by atoms with van der Waals surface area (Å²) >= 11 is 0. The summed E-state index contributed by atoms with van der Waals surface area (Å²) < 4.78 is 2.08. The maximum absolute atomic E-state index is 5.84. The normalized spacial score (nSPS) is 24.3. The van der Waals surface area contributed by atoms with E-state index in [0.29, 0.717) is 12.0 Å². The van der Waals surface area contributed by atoms with Gasteiger partial charge in [-0.15, -0.1) is 10.2 Å². The van der Waals surface area contributed by atoms with Crippen LogP contribution in [0.2, 0.25) is 0 Å². The molecule has 0 radical (unpaired) electrons. The van der Waals surface area contributed by atoms with Crippen LogP contribution < -0.4 is 5.73 Å². The topological polar surface area (TPSA) is 84.9 Å². The molecule has 1 fully saturated rings. The fraction of sp³-hybridized carbons (Fsp3) is 0.364. The molecule has 86 valence electrons. The van der Waals surface area contributed by atoms with Gasteiger partial charge in [0.2, 0.25) is 0 Å². The van der Waals surface area contributed by atoms with Crippen LogP contribution in [0.3, 0.4) is 0 Å². The van der Waals surface area contributed by atoms with Gasteiger partial charge in [-0.3, -0.25) is 4.40 Å². The molecule has 0 saturated heterocycles. The lowest BCUT2D eigenvalue weighted by atomic mass is 9.80. The molecule has 6 nitrogen and oxygen atoms in total. The molecule has 0 aliphatic heterocycles. The average Bonchev–Trinajstić information content (AvgIpc) is 2.90. The maximum atomic E-state index is 5.84. The van der Waals surface area contributed by atoms with Crippen LogP contribution in [0.1, 0.15) is 24.6 Å². The van der Waals surface area contributed by atoms with Gasteiger partial charge in [0.05, 0.1) is 11.7 Å². The number of aromatic nitrogens is 5. The molecule has 0 aromatic carbocycles. The van der Waals surface area contributed by atoms with Crippen LogP contribution in [0.15, 0.2) is 18.5 Å². The number of nitrogens with one attached hydrogen (secondary N) is 1. The van der Waals surface area contributed by atoms with Gasteiger partial charge in [0, 0.05) is 18.2 Å². The molecule has 4 rings (SSSR count). The van der Waals surface area contributed by atoms with Crippen molar-refractivity contribution >= 4 is 16.8 Å². The van der Waals surface area contributed by atoms with E-state index in [9.17, 15) is 0 Å². The second kappa shape index (κ2) is 3.04. The Labute approximate surface area is 96.9 Å². The van der Waals surface area contributed by atoms with E-state index in [-0.39, 0.29) is 0 Å². The van der Waals surface area contributed by atoms with Crippen molar-refractivity contribution in [3.05, 3.63) is 24.3 Å². The Morgan fingerprint density at radius 1 is 1.35 bits per heavy atom. The summed E-state index contributed by atoms with van der Waals surface area (Å²) in [6.45, 7) is 0. The van der Waals surface area contributed by atoms with E-state index in [1.807, 2.05) is 12.3 Å². The van der Waals surface area contributed by atoms with E-state index in [1.165, 1.54) is 0 Å². The molecule has 3 N–H and O–H groups in total. The van der Waals surface area contributed by atoms with Crippen molar-refractivity contribution in [2.75, 3.05) is 0 Å². The fourth-order valence-corrected chi connectivity index (χ4v) is 2.54. The first-order valence-corrected chi connectivity index (χ1v) is 5.75. The van der Waals surface area contributed by atoms with E-state index in [2.05, 4.69) is 24.6 Å².